The number of likely N-dealkylation sites (N-methyl/N-ethyl adjacent to an activating group) is 1. The maximum absolute atomic E-state index is 11.3. The van der Waals surface area contributed by atoms with Crippen molar-refractivity contribution in [1.29, 1.82) is 0 Å². The van der Waals surface area contributed by atoms with Gasteiger partial charge >= 0.3 is 0 Å². The minimum absolute atomic E-state index is 0.0218. The van der Waals surface area contributed by atoms with E-state index in [0.717, 1.165) is 16.5 Å². The van der Waals surface area contributed by atoms with Gasteiger partial charge in [0, 0.05) is 6.54 Å². The van der Waals surface area contributed by atoms with E-state index >= 15 is 0 Å². The molecule has 94 valence electrons. The topological polar surface area (TPSA) is 64.3 Å². The van der Waals surface area contributed by atoms with Gasteiger partial charge in [-0.3, -0.25) is 4.79 Å². The average molecular weight is 301 g/mol. The summed E-state index contributed by atoms with van der Waals surface area (Å²) in [6.07, 6.45) is 0.726. The summed E-state index contributed by atoms with van der Waals surface area (Å²) >= 11 is 3.41. The SMILES string of the molecule is CCNC(=O)COc1c(Br)cccc1CCN. The van der Waals surface area contributed by atoms with Gasteiger partial charge < -0.3 is 15.8 Å². The zero-order chi connectivity index (χ0) is 12.7. The molecule has 17 heavy (non-hydrogen) atoms. The number of halogens is 1. The van der Waals surface area contributed by atoms with Crippen molar-refractivity contribution in [1.82, 2.24) is 5.32 Å². The van der Waals surface area contributed by atoms with Gasteiger partial charge in [-0.1, -0.05) is 12.1 Å². The molecule has 1 aromatic rings. The van der Waals surface area contributed by atoms with Crippen LogP contribution in [0.3, 0.4) is 0 Å². The summed E-state index contributed by atoms with van der Waals surface area (Å²) in [5, 5.41) is 2.68. The van der Waals surface area contributed by atoms with Crippen LogP contribution in [-0.2, 0) is 11.2 Å². The number of hydrogen-bond acceptors (Lipinski definition) is 3. The van der Waals surface area contributed by atoms with Crippen LogP contribution >= 0.6 is 15.9 Å². The van der Waals surface area contributed by atoms with E-state index < -0.39 is 0 Å². The Morgan fingerprint density at radius 3 is 2.94 bits per heavy atom. The summed E-state index contributed by atoms with van der Waals surface area (Å²) in [7, 11) is 0. The van der Waals surface area contributed by atoms with Gasteiger partial charge in [-0.15, -0.1) is 0 Å². The van der Waals surface area contributed by atoms with Crippen LogP contribution in [0.2, 0.25) is 0 Å². The summed E-state index contributed by atoms with van der Waals surface area (Å²) in [5.41, 5.74) is 6.54. The van der Waals surface area contributed by atoms with Crippen molar-refractivity contribution in [2.45, 2.75) is 13.3 Å². The number of amides is 1. The summed E-state index contributed by atoms with van der Waals surface area (Å²) in [5.74, 6) is 0.575. The van der Waals surface area contributed by atoms with E-state index in [4.69, 9.17) is 10.5 Å². The summed E-state index contributed by atoms with van der Waals surface area (Å²) in [6.45, 7) is 3.05. The number of rotatable bonds is 6. The number of carbonyl (C=O) groups excluding carboxylic acids is 1. The summed E-state index contributed by atoms with van der Waals surface area (Å²) in [4.78, 5) is 11.3. The molecule has 0 radical (unpaired) electrons. The molecule has 0 saturated carbocycles. The molecule has 0 fully saturated rings. The normalized spacial score (nSPS) is 10.1. The fourth-order valence-electron chi connectivity index (χ4n) is 1.45. The quantitative estimate of drug-likeness (QED) is 0.836. The molecule has 0 bridgehead atoms. The Morgan fingerprint density at radius 2 is 2.29 bits per heavy atom. The molecule has 0 aliphatic rings. The number of nitrogens with one attached hydrogen (secondary N) is 1. The lowest BCUT2D eigenvalue weighted by atomic mass is 10.1. The highest BCUT2D eigenvalue weighted by Gasteiger charge is 2.09. The van der Waals surface area contributed by atoms with Crippen LogP contribution in [0.15, 0.2) is 22.7 Å². The van der Waals surface area contributed by atoms with Crippen molar-refractivity contribution in [3.63, 3.8) is 0 Å². The van der Waals surface area contributed by atoms with Gasteiger partial charge in [0.25, 0.3) is 5.91 Å². The molecule has 0 unspecified atom stereocenters. The van der Waals surface area contributed by atoms with Crippen molar-refractivity contribution in [2.24, 2.45) is 5.73 Å². The molecule has 1 amide bonds. The van der Waals surface area contributed by atoms with Gasteiger partial charge in [-0.25, -0.2) is 0 Å². The number of carbonyl (C=O) groups is 1. The van der Waals surface area contributed by atoms with Gasteiger partial charge in [-0.05, 0) is 47.4 Å². The third-order valence-electron chi connectivity index (χ3n) is 2.18. The van der Waals surface area contributed by atoms with Crippen LogP contribution in [-0.4, -0.2) is 25.6 Å². The predicted octanol–water partition coefficient (Wildman–Crippen LogP) is 1.47. The van der Waals surface area contributed by atoms with Crippen LogP contribution < -0.4 is 15.8 Å². The molecule has 0 aliphatic heterocycles. The fraction of sp³-hybridized carbons (Fsp3) is 0.417. The Labute approximate surface area is 110 Å². The first-order chi connectivity index (χ1) is 8.19. The van der Waals surface area contributed by atoms with E-state index in [9.17, 15) is 4.79 Å². The Kier molecular flexibility index (Phi) is 6.00. The number of nitrogens with two attached hydrogens (primary N) is 1. The minimum Gasteiger partial charge on any atom is -0.482 e. The monoisotopic (exact) mass is 300 g/mol. The second-order valence-electron chi connectivity index (χ2n) is 3.51. The predicted molar refractivity (Wildman–Crippen MR) is 71.1 cm³/mol. The van der Waals surface area contributed by atoms with Crippen LogP contribution in [0.1, 0.15) is 12.5 Å². The summed E-state index contributed by atoms with van der Waals surface area (Å²) < 4.78 is 6.36. The molecule has 4 nitrogen and oxygen atoms in total. The summed E-state index contributed by atoms with van der Waals surface area (Å²) in [6, 6.07) is 5.76. The molecule has 0 spiro atoms. The molecule has 0 atom stereocenters. The van der Waals surface area contributed by atoms with E-state index in [1.54, 1.807) is 0 Å². The number of para-hydroxylation sites is 1. The standard InChI is InChI=1S/C12H17BrN2O2/c1-2-15-11(16)8-17-12-9(6-7-14)4-3-5-10(12)13/h3-5H,2,6-8,14H2,1H3,(H,15,16). The lowest BCUT2D eigenvalue weighted by Gasteiger charge is -2.12. The van der Waals surface area contributed by atoms with Crippen LogP contribution in [0.5, 0.6) is 5.75 Å². The minimum atomic E-state index is -0.123. The van der Waals surface area contributed by atoms with Crippen LogP contribution in [0.4, 0.5) is 0 Å². The Morgan fingerprint density at radius 1 is 1.53 bits per heavy atom. The van der Waals surface area contributed by atoms with E-state index in [1.165, 1.54) is 0 Å². The first kappa shape index (κ1) is 14.0. The van der Waals surface area contributed by atoms with Gasteiger partial charge in [0.15, 0.2) is 6.61 Å². The molecule has 3 N–H and O–H groups in total. The highest BCUT2D eigenvalue weighted by atomic mass is 79.9. The van der Waals surface area contributed by atoms with Gasteiger partial charge in [0.05, 0.1) is 4.47 Å². The maximum Gasteiger partial charge on any atom is 0.257 e. The first-order valence-electron chi connectivity index (χ1n) is 5.56. The zero-order valence-electron chi connectivity index (χ0n) is 9.83. The molecule has 0 heterocycles. The molecule has 0 saturated heterocycles. The zero-order valence-corrected chi connectivity index (χ0v) is 11.4. The second kappa shape index (κ2) is 7.29. The van der Waals surface area contributed by atoms with Gasteiger partial charge in [-0.2, -0.15) is 0 Å². The number of ether oxygens (including phenoxy) is 1. The van der Waals surface area contributed by atoms with E-state index in [1.807, 2.05) is 25.1 Å². The third-order valence-corrected chi connectivity index (χ3v) is 2.81. The fourth-order valence-corrected chi connectivity index (χ4v) is 1.98. The average Bonchev–Trinajstić information content (AvgIpc) is 2.29. The molecule has 1 rings (SSSR count). The van der Waals surface area contributed by atoms with Crippen molar-refractivity contribution >= 4 is 21.8 Å². The lowest BCUT2D eigenvalue weighted by Crippen LogP contribution is -2.28. The van der Waals surface area contributed by atoms with Crippen molar-refractivity contribution in [2.75, 3.05) is 19.7 Å². The molecule has 1 aromatic carbocycles. The molecular formula is C12H17BrN2O2. The van der Waals surface area contributed by atoms with E-state index in [2.05, 4.69) is 21.2 Å². The van der Waals surface area contributed by atoms with Gasteiger partial charge in [0.2, 0.25) is 0 Å². The van der Waals surface area contributed by atoms with Crippen LogP contribution in [0.25, 0.3) is 0 Å². The smallest absolute Gasteiger partial charge is 0.257 e. The molecule has 0 aromatic heterocycles. The third kappa shape index (κ3) is 4.36. The largest absolute Gasteiger partial charge is 0.482 e. The van der Waals surface area contributed by atoms with Crippen LogP contribution in [0, 0.1) is 0 Å². The molecule has 5 heteroatoms. The van der Waals surface area contributed by atoms with Crippen molar-refractivity contribution in [3.05, 3.63) is 28.2 Å². The van der Waals surface area contributed by atoms with E-state index in [-0.39, 0.29) is 12.5 Å². The number of hydrogen-bond donors (Lipinski definition) is 2. The number of benzene rings is 1. The lowest BCUT2D eigenvalue weighted by molar-refractivity contribution is -0.123. The Balaban J connectivity index is 2.71. The first-order valence-corrected chi connectivity index (χ1v) is 6.35. The Hall–Kier alpha value is -1.07. The molecular weight excluding hydrogens is 284 g/mol. The molecule has 0 aliphatic carbocycles. The van der Waals surface area contributed by atoms with Crippen molar-refractivity contribution in [3.8, 4) is 5.75 Å². The Bertz CT molecular complexity index is 383. The van der Waals surface area contributed by atoms with Crippen molar-refractivity contribution < 1.29 is 9.53 Å². The van der Waals surface area contributed by atoms with Gasteiger partial charge in [0.1, 0.15) is 5.75 Å². The van der Waals surface area contributed by atoms with E-state index in [0.29, 0.717) is 18.8 Å². The highest BCUT2D eigenvalue weighted by Crippen LogP contribution is 2.29. The highest BCUT2D eigenvalue weighted by molar-refractivity contribution is 9.10. The maximum atomic E-state index is 11.3. The second-order valence-corrected chi connectivity index (χ2v) is 4.36.